The summed E-state index contributed by atoms with van der Waals surface area (Å²) < 4.78 is 19.0. The molecule has 3 aromatic rings. The van der Waals surface area contributed by atoms with Gasteiger partial charge in [0.25, 0.3) is 5.91 Å². The maximum absolute atomic E-state index is 12.4. The molecule has 0 radical (unpaired) electrons. The Labute approximate surface area is 234 Å². The van der Waals surface area contributed by atoms with Crippen molar-refractivity contribution in [1.29, 1.82) is 0 Å². The fraction of sp³-hybridized carbons (Fsp3) is 0.552. The molecule has 0 spiro atoms. The Morgan fingerprint density at radius 2 is 1.90 bits per heavy atom. The first kappa shape index (κ1) is 26.8. The van der Waals surface area contributed by atoms with Crippen LogP contribution in [0, 0.1) is 5.92 Å². The second-order valence-electron chi connectivity index (χ2n) is 10.7. The van der Waals surface area contributed by atoms with Gasteiger partial charge in [-0.05, 0) is 56.2 Å². The number of aryl methyl sites for hydroxylation is 1. The van der Waals surface area contributed by atoms with Crippen molar-refractivity contribution in [3.8, 4) is 11.5 Å². The van der Waals surface area contributed by atoms with Crippen molar-refractivity contribution in [2.75, 3.05) is 37.9 Å². The first-order chi connectivity index (χ1) is 19.7. The molecule has 2 saturated heterocycles. The predicted octanol–water partition coefficient (Wildman–Crippen LogP) is 3.76. The Morgan fingerprint density at radius 1 is 1.10 bits per heavy atom. The fourth-order valence-corrected chi connectivity index (χ4v) is 5.65. The summed E-state index contributed by atoms with van der Waals surface area (Å²) in [4.78, 5) is 28.8. The number of carbonyl (C=O) groups is 1. The third kappa shape index (κ3) is 6.01. The summed E-state index contributed by atoms with van der Waals surface area (Å²) in [6.45, 7) is 7.67. The molecule has 1 amide bonds. The van der Waals surface area contributed by atoms with Crippen molar-refractivity contribution in [2.24, 2.45) is 5.92 Å². The minimum Gasteiger partial charge on any atom is -0.454 e. The first-order valence-corrected chi connectivity index (χ1v) is 14.4. The van der Waals surface area contributed by atoms with Gasteiger partial charge in [-0.3, -0.25) is 4.79 Å². The van der Waals surface area contributed by atoms with Crippen LogP contribution in [-0.2, 0) is 22.7 Å². The van der Waals surface area contributed by atoms with E-state index in [0.717, 1.165) is 82.7 Å². The zero-order chi connectivity index (χ0) is 27.3. The van der Waals surface area contributed by atoms with Crippen LogP contribution >= 0.6 is 0 Å². The van der Waals surface area contributed by atoms with Gasteiger partial charge in [-0.2, -0.15) is 0 Å². The van der Waals surface area contributed by atoms with Crippen molar-refractivity contribution in [1.82, 2.24) is 25.3 Å². The molecule has 1 atom stereocenters. The Kier molecular flexibility index (Phi) is 8.31. The second kappa shape index (κ2) is 12.4. The van der Waals surface area contributed by atoms with Crippen molar-refractivity contribution in [3.63, 3.8) is 0 Å². The van der Waals surface area contributed by atoms with Crippen LogP contribution in [0.3, 0.4) is 0 Å². The van der Waals surface area contributed by atoms with E-state index in [0.29, 0.717) is 24.0 Å². The zero-order valence-corrected chi connectivity index (χ0v) is 23.1. The zero-order valence-electron chi connectivity index (χ0n) is 23.1. The molecule has 2 N–H and O–H groups in total. The number of fused-ring (bicyclic) bond motifs is 2. The van der Waals surface area contributed by atoms with Gasteiger partial charge < -0.3 is 29.0 Å². The molecule has 5 heterocycles. The molecule has 0 saturated carbocycles. The van der Waals surface area contributed by atoms with Crippen LogP contribution in [0.4, 0.5) is 5.95 Å². The van der Waals surface area contributed by atoms with Gasteiger partial charge in [0.15, 0.2) is 17.8 Å². The van der Waals surface area contributed by atoms with E-state index in [-0.39, 0.29) is 19.0 Å². The summed E-state index contributed by atoms with van der Waals surface area (Å²) in [6, 6.07) is 4.22. The molecular weight excluding hydrogens is 512 g/mol. The number of rotatable bonds is 10. The highest BCUT2D eigenvalue weighted by Crippen LogP contribution is 2.38. The largest absolute Gasteiger partial charge is 0.454 e. The molecule has 214 valence electrons. The van der Waals surface area contributed by atoms with E-state index in [4.69, 9.17) is 19.0 Å². The maximum Gasteiger partial charge on any atom is 0.278 e. The number of amides is 1. The second-order valence-corrected chi connectivity index (χ2v) is 10.7. The van der Waals surface area contributed by atoms with Crippen molar-refractivity contribution in [3.05, 3.63) is 41.9 Å². The highest BCUT2D eigenvalue weighted by molar-refractivity contribution is 5.92. The predicted molar refractivity (Wildman–Crippen MR) is 149 cm³/mol. The van der Waals surface area contributed by atoms with Gasteiger partial charge >= 0.3 is 0 Å². The van der Waals surface area contributed by atoms with Gasteiger partial charge in [0.05, 0.1) is 11.1 Å². The molecule has 11 nitrogen and oxygen atoms in total. The van der Waals surface area contributed by atoms with Gasteiger partial charge in [0.2, 0.25) is 12.7 Å². The Bertz CT molecular complexity index is 1300. The molecule has 0 bridgehead atoms. The molecule has 3 aliphatic rings. The smallest absolute Gasteiger partial charge is 0.278 e. The van der Waals surface area contributed by atoms with Gasteiger partial charge in [0.1, 0.15) is 0 Å². The van der Waals surface area contributed by atoms with Crippen LogP contribution in [-0.4, -0.2) is 59.8 Å². The minimum absolute atomic E-state index is 0.289. The molecular formula is C29H38N6O5. The fourth-order valence-electron chi connectivity index (χ4n) is 5.65. The number of piperidine rings is 1. The number of hydrogen-bond acceptors (Lipinski definition) is 9. The number of nitrogens with zero attached hydrogens (tertiary/aromatic N) is 4. The summed E-state index contributed by atoms with van der Waals surface area (Å²) >= 11 is 0. The lowest BCUT2D eigenvalue weighted by Crippen LogP contribution is -2.38. The highest BCUT2D eigenvalue weighted by atomic mass is 16.8. The quantitative estimate of drug-likeness (QED) is 0.365. The SMILES string of the molecule is CCCn1cc(CNCC2CCN(c3ncc(C(=O)NOC4CCCCO4)cn3)CC2)c2cc3c(cc21)OCO3. The lowest BCUT2D eigenvalue weighted by molar-refractivity contribution is -0.186. The topological polar surface area (TPSA) is 112 Å². The van der Waals surface area contributed by atoms with E-state index in [1.807, 2.05) is 0 Å². The standard InChI is InChI=1S/C29H38N6O5/c1-2-8-35-18-22(23-12-25-26(13-24(23)35)39-19-38-25)15-30-14-20-6-9-34(10-7-20)29-31-16-21(17-32-29)28(36)33-40-27-5-3-4-11-37-27/h12-13,16-18,20,27,30H,2-11,14-15,19H2,1H3,(H,33,36). The van der Waals surface area contributed by atoms with Crippen molar-refractivity contribution < 1.29 is 23.8 Å². The number of benzene rings is 1. The third-order valence-electron chi connectivity index (χ3n) is 7.89. The normalized spacial score (nSPS) is 19.3. The molecule has 0 aliphatic carbocycles. The number of carbonyl (C=O) groups excluding carboxylic acids is 1. The van der Waals surface area contributed by atoms with E-state index in [9.17, 15) is 4.79 Å². The van der Waals surface area contributed by atoms with Crippen LogP contribution in [0.1, 0.15) is 61.4 Å². The lowest BCUT2D eigenvalue weighted by atomic mass is 9.97. The lowest BCUT2D eigenvalue weighted by Gasteiger charge is -2.32. The van der Waals surface area contributed by atoms with Gasteiger partial charge in [-0.15, -0.1) is 0 Å². The van der Waals surface area contributed by atoms with E-state index in [1.54, 1.807) is 12.4 Å². The Morgan fingerprint density at radius 3 is 2.65 bits per heavy atom. The van der Waals surface area contributed by atoms with Crippen LogP contribution in [0.2, 0.25) is 0 Å². The number of aromatic nitrogens is 3. The van der Waals surface area contributed by atoms with Crippen LogP contribution in [0.5, 0.6) is 11.5 Å². The monoisotopic (exact) mass is 550 g/mol. The number of anilines is 1. The number of nitrogens with one attached hydrogen (secondary N) is 2. The van der Waals surface area contributed by atoms with E-state index in [1.165, 1.54) is 16.5 Å². The van der Waals surface area contributed by atoms with Crippen molar-refractivity contribution in [2.45, 2.75) is 64.8 Å². The summed E-state index contributed by atoms with van der Waals surface area (Å²) in [5.41, 5.74) is 5.30. The molecule has 2 aromatic heterocycles. The van der Waals surface area contributed by atoms with Gasteiger partial charge in [-0.1, -0.05) is 6.92 Å². The molecule has 40 heavy (non-hydrogen) atoms. The number of hydrogen-bond donors (Lipinski definition) is 2. The summed E-state index contributed by atoms with van der Waals surface area (Å²) in [6.07, 6.45) is 11.0. The summed E-state index contributed by atoms with van der Waals surface area (Å²) in [5, 5.41) is 4.92. The maximum atomic E-state index is 12.4. The summed E-state index contributed by atoms with van der Waals surface area (Å²) in [5.74, 6) is 2.53. The van der Waals surface area contributed by atoms with Crippen LogP contribution in [0.15, 0.2) is 30.7 Å². The minimum atomic E-state index is -0.388. The molecule has 2 fully saturated rings. The van der Waals surface area contributed by atoms with E-state index >= 15 is 0 Å². The van der Waals surface area contributed by atoms with Gasteiger partial charge in [-0.25, -0.2) is 20.3 Å². The third-order valence-corrected chi connectivity index (χ3v) is 7.89. The van der Waals surface area contributed by atoms with Gasteiger partial charge in [0, 0.05) is 69.2 Å². The van der Waals surface area contributed by atoms with Crippen LogP contribution in [0.25, 0.3) is 10.9 Å². The molecule has 3 aliphatic heterocycles. The molecule has 11 heteroatoms. The summed E-state index contributed by atoms with van der Waals surface area (Å²) in [7, 11) is 0. The molecule has 6 rings (SSSR count). The first-order valence-electron chi connectivity index (χ1n) is 14.4. The van der Waals surface area contributed by atoms with Crippen LogP contribution < -0.4 is 25.2 Å². The average molecular weight is 551 g/mol. The number of hydroxylamine groups is 1. The highest BCUT2D eigenvalue weighted by Gasteiger charge is 2.23. The molecule has 1 aromatic carbocycles. The molecule has 1 unspecified atom stereocenters. The average Bonchev–Trinajstić information content (AvgIpc) is 3.60. The van der Waals surface area contributed by atoms with E-state index < -0.39 is 0 Å². The Balaban J connectivity index is 0.971. The van der Waals surface area contributed by atoms with Crippen molar-refractivity contribution >= 4 is 22.8 Å². The van der Waals surface area contributed by atoms with E-state index in [2.05, 4.69) is 55.5 Å². The number of ether oxygens (including phenoxy) is 3. The Hall–Kier alpha value is -3.41.